The number of alkyl carbamates (subject to hydrolysis) is 1. The second kappa shape index (κ2) is 21.9. The molecule has 0 aromatic heterocycles. The highest BCUT2D eigenvalue weighted by Gasteiger charge is 2.49. The minimum absolute atomic E-state index is 0.00818. The molecule has 2 aliphatic rings. The highest BCUT2D eigenvalue weighted by atomic mass is 16.6. The van der Waals surface area contributed by atoms with Gasteiger partial charge in [-0.15, -0.1) is 0 Å². The van der Waals surface area contributed by atoms with E-state index >= 15 is 0 Å². The lowest BCUT2D eigenvalue weighted by Crippen LogP contribution is -2.63. The summed E-state index contributed by atoms with van der Waals surface area (Å²) in [5.41, 5.74) is 13.4. The van der Waals surface area contributed by atoms with Gasteiger partial charge < -0.3 is 47.5 Å². The maximum atomic E-state index is 14.0. The summed E-state index contributed by atoms with van der Waals surface area (Å²) in [5.74, 6) is -2.58. The SMILES string of the molecule is CC(C)[C@H](NC(=O)[C@@H]1CC[C@H]2[C@H](NC(=O)[C@H](CCCN=C(N)N)NC(=O)OCc3ccccc3)COC(=O)N12)C(=O)N[C@@H](Cc1ccccc1)C(=O)NCc1ccccc1. The van der Waals surface area contributed by atoms with E-state index in [1.165, 1.54) is 4.90 Å². The van der Waals surface area contributed by atoms with Gasteiger partial charge in [-0.2, -0.15) is 0 Å². The Morgan fingerprint density at radius 3 is 2.07 bits per heavy atom. The molecular formula is C43H55N9O8. The third kappa shape index (κ3) is 12.9. The molecule has 0 unspecified atom stereocenters. The second-order valence-corrected chi connectivity index (χ2v) is 15.2. The number of carbonyl (C=O) groups is 6. The Balaban J connectivity index is 1.22. The Morgan fingerprint density at radius 1 is 0.800 bits per heavy atom. The lowest BCUT2D eigenvalue weighted by molar-refractivity contribution is -0.134. The normalized spacial score (nSPS) is 18.4. The largest absolute Gasteiger partial charge is 0.447 e. The molecule has 320 valence electrons. The van der Waals surface area contributed by atoms with Crippen LogP contribution in [0.4, 0.5) is 9.59 Å². The third-order valence-electron chi connectivity index (χ3n) is 10.4. The van der Waals surface area contributed by atoms with Crippen LogP contribution in [0.1, 0.15) is 56.2 Å². The van der Waals surface area contributed by atoms with Crippen LogP contribution in [-0.2, 0) is 48.2 Å². The van der Waals surface area contributed by atoms with Crippen LogP contribution in [0.3, 0.4) is 0 Å². The number of cyclic esters (lactones) is 1. The van der Waals surface area contributed by atoms with E-state index in [2.05, 4.69) is 31.6 Å². The van der Waals surface area contributed by atoms with Crippen LogP contribution in [0, 0.1) is 5.92 Å². The number of ether oxygens (including phenoxy) is 2. The third-order valence-corrected chi connectivity index (χ3v) is 10.4. The summed E-state index contributed by atoms with van der Waals surface area (Å²) in [6.07, 6.45) is -0.240. The Hall–Kier alpha value is -6.65. The quantitative estimate of drug-likeness (QED) is 0.0526. The van der Waals surface area contributed by atoms with E-state index in [0.717, 1.165) is 16.7 Å². The maximum Gasteiger partial charge on any atom is 0.410 e. The van der Waals surface area contributed by atoms with Crippen molar-refractivity contribution in [3.63, 3.8) is 0 Å². The second-order valence-electron chi connectivity index (χ2n) is 15.2. The van der Waals surface area contributed by atoms with E-state index in [4.69, 9.17) is 20.9 Å². The zero-order valence-corrected chi connectivity index (χ0v) is 33.9. The first-order valence-corrected chi connectivity index (χ1v) is 20.1. The number of hydrogen-bond acceptors (Lipinski definition) is 9. The van der Waals surface area contributed by atoms with Crippen molar-refractivity contribution in [1.29, 1.82) is 0 Å². The highest BCUT2D eigenvalue weighted by Crippen LogP contribution is 2.31. The van der Waals surface area contributed by atoms with Crippen LogP contribution in [0.25, 0.3) is 0 Å². The molecule has 60 heavy (non-hydrogen) atoms. The van der Waals surface area contributed by atoms with Gasteiger partial charge in [-0.25, -0.2) is 9.59 Å². The van der Waals surface area contributed by atoms with Crippen molar-refractivity contribution in [2.75, 3.05) is 13.2 Å². The first kappa shape index (κ1) is 44.5. The number of guanidine groups is 1. The van der Waals surface area contributed by atoms with Crippen LogP contribution < -0.4 is 38.1 Å². The summed E-state index contributed by atoms with van der Waals surface area (Å²) in [6.45, 7) is 3.84. The number of benzene rings is 3. The minimum Gasteiger partial charge on any atom is -0.447 e. The Labute approximate surface area is 349 Å². The standard InChI is InChI=1S/C43H55N9O8/c1-27(2)36(40(56)48-32(23-28-13-6-3-7-14-28)37(53)47-24-29-15-8-4-9-16-29)51-39(55)35-21-20-34-33(26-60-43(58)52(34)35)49-38(54)31(19-12-22-46-41(44)45)50-42(57)59-25-30-17-10-5-11-18-30/h3-11,13-18,27,31-36H,12,19-26H2,1-2H3,(H,47,53)(H,48,56)(H,49,54)(H,50,57)(H,51,55)(H4,44,45,46)/t31-,32-,33+,34-,35-,36-/m0/s1. The molecule has 3 aromatic rings. The molecule has 2 heterocycles. The van der Waals surface area contributed by atoms with Crippen molar-refractivity contribution in [2.24, 2.45) is 22.4 Å². The number of nitrogens with two attached hydrogens (primary N) is 2. The highest BCUT2D eigenvalue weighted by molar-refractivity contribution is 5.94. The molecule has 6 atom stereocenters. The molecule has 0 bridgehead atoms. The number of amides is 6. The lowest BCUT2D eigenvalue weighted by atomic mass is 10.00. The zero-order valence-electron chi connectivity index (χ0n) is 33.9. The van der Waals surface area contributed by atoms with Crippen molar-refractivity contribution in [1.82, 2.24) is 31.5 Å². The average Bonchev–Trinajstić information content (AvgIpc) is 3.70. The number of nitrogens with one attached hydrogen (secondary N) is 5. The summed E-state index contributed by atoms with van der Waals surface area (Å²) in [5, 5.41) is 14.1. The first-order valence-electron chi connectivity index (χ1n) is 20.1. The van der Waals surface area contributed by atoms with Gasteiger partial charge in [0, 0.05) is 19.5 Å². The molecule has 5 rings (SSSR count). The lowest BCUT2D eigenvalue weighted by Gasteiger charge is -2.39. The van der Waals surface area contributed by atoms with Gasteiger partial charge in [0.1, 0.15) is 37.4 Å². The molecule has 2 aliphatic heterocycles. The Morgan fingerprint density at radius 2 is 1.43 bits per heavy atom. The van der Waals surface area contributed by atoms with Crippen molar-refractivity contribution in [3.05, 3.63) is 108 Å². The number of carbonyl (C=O) groups excluding carboxylic acids is 6. The molecule has 17 nitrogen and oxygen atoms in total. The zero-order chi connectivity index (χ0) is 43.0. The van der Waals surface area contributed by atoms with Crippen LogP contribution in [-0.4, -0.2) is 96.1 Å². The van der Waals surface area contributed by atoms with E-state index in [-0.39, 0.29) is 57.4 Å². The topological polar surface area (TPSA) is 249 Å². The summed E-state index contributed by atoms with van der Waals surface area (Å²) in [6, 6.07) is 22.3. The average molecular weight is 826 g/mol. The van der Waals surface area contributed by atoms with Gasteiger partial charge in [-0.05, 0) is 48.3 Å². The molecule has 2 fully saturated rings. The summed E-state index contributed by atoms with van der Waals surface area (Å²) in [7, 11) is 0. The van der Waals surface area contributed by atoms with Crippen LogP contribution in [0.15, 0.2) is 96.0 Å². The van der Waals surface area contributed by atoms with E-state index in [1.807, 2.05) is 78.9 Å². The fraction of sp³-hybridized carbons (Fsp3) is 0.419. The summed E-state index contributed by atoms with van der Waals surface area (Å²) in [4.78, 5) is 86.3. The van der Waals surface area contributed by atoms with E-state index in [9.17, 15) is 28.8 Å². The summed E-state index contributed by atoms with van der Waals surface area (Å²) < 4.78 is 10.8. The molecule has 0 aliphatic carbocycles. The van der Waals surface area contributed by atoms with Crippen molar-refractivity contribution >= 4 is 41.8 Å². The van der Waals surface area contributed by atoms with E-state index in [0.29, 0.717) is 12.8 Å². The van der Waals surface area contributed by atoms with Gasteiger partial charge in [0.2, 0.25) is 23.6 Å². The van der Waals surface area contributed by atoms with Crippen LogP contribution in [0.2, 0.25) is 0 Å². The molecular weight excluding hydrogens is 771 g/mol. The molecule has 9 N–H and O–H groups in total. The van der Waals surface area contributed by atoms with E-state index < -0.39 is 72.1 Å². The Bertz CT molecular complexity index is 1950. The first-order chi connectivity index (χ1) is 28.9. The number of rotatable bonds is 19. The number of nitrogens with zero attached hydrogens (tertiary/aromatic N) is 2. The maximum absolute atomic E-state index is 14.0. The predicted molar refractivity (Wildman–Crippen MR) is 223 cm³/mol. The van der Waals surface area contributed by atoms with Gasteiger partial charge in [0.15, 0.2) is 5.96 Å². The molecule has 0 saturated carbocycles. The van der Waals surface area contributed by atoms with Crippen LogP contribution in [0.5, 0.6) is 0 Å². The fourth-order valence-corrected chi connectivity index (χ4v) is 7.21. The number of fused-ring (bicyclic) bond motifs is 1. The van der Waals surface area contributed by atoms with Gasteiger partial charge >= 0.3 is 12.2 Å². The van der Waals surface area contributed by atoms with Crippen LogP contribution >= 0.6 is 0 Å². The van der Waals surface area contributed by atoms with Crippen molar-refractivity contribution in [2.45, 2.75) is 95.4 Å². The Kier molecular flexibility index (Phi) is 16.2. The summed E-state index contributed by atoms with van der Waals surface area (Å²) >= 11 is 0. The van der Waals surface area contributed by atoms with Gasteiger partial charge in [-0.1, -0.05) is 105 Å². The van der Waals surface area contributed by atoms with Gasteiger partial charge in [0.25, 0.3) is 0 Å². The molecule has 3 aromatic carbocycles. The predicted octanol–water partition coefficient (Wildman–Crippen LogP) is 1.99. The molecule has 0 radical (unpaired) electrons. The molecule has 2 saturated heterocycles. The van der Waals surface area contributed by atoms with E-state index in [1.54, 1.807) is 26.0 Å². The van der Waals surface area contributed by atoms with Gasteiger partial charge in [-0.3, -0.25) is 29.1 Å². The number of hydrogen-bond donors (Lipinski definition) is 7. The fourth-order valence-electron chi connectivity index (χ4n) is 7.21. The minimum atomic E-state index is -1.06. The van der Waals surface area contributed by atoms with Crippen molar-refractivity contribution in [3.8, 4) is 0 Å². The van der Waals surface area contributed by atoms with Crippen molar-refractivity contribution < 1.29 is 38.2 Å². The van der Waals surface area contributed by atoms with Gasteiger partial charge in [0.05, 0.1) is 12.1 Å². The molecule has 17 heteroatoms. The molecule has 0 spiro atoms. The molecule has 6 amide bonds. The smallest absolute Gasteiger partial charge is 0.410 e. The number of aliphatic imine (C=N–C) groups is 1. The monoisotopic (exact) mass is 825 g/mol.